The van der Waals surface area contributed by atoms with E-state index in [1.807, 2.05) is 0 Å². The average Bonchev–Trinajstić information content (AvgIpc) is 0.918. The van der Waals surface area contributed by atoms with E-state index >= 15 is 0 Å². The fourth-order valence-electron chi connectivity index (χ4n) is 0. The molecule has 0 aliphatic heterocycles. The van der Waals surface area contributed by atoms with Crippen LogP contribution in [0.5, 0.6) is 0 Å². The molecule has 0 aromatic heterocycles. The van der Waals surface area contributed by atoms with Crippen LogP contribution in [-0.2, 0) is 0 Å². The Hall–Kier alpha value is 5.16. The molecule has 26 valence electrons. The SMILES string of the molecule is [Cs+].[I-].[I][Pb][I]. The van der Waals surface area contributed by atoms with Gasteiger partial charge in [0.2, 0.25) is 0 Å². The molecule has 5 heteroatoms. The fraction of sp³-hybridized carbons (Fsp3) is 0. The summed E-state index contributed by atoms with van der Waals surface area (Å²) < 4.78 is 0. The molecule has 0 atom stereocenters. The normalized spacial score (nSPS) is 3.60. The molecule has 0 bridgehead atoms. The third kappa shape index (κ3) is 17.6. The molecular weight excluding hydrogens is 721 g/mol. The van der Waals surface area contributed by atoms with E-state index in [4.69, 9.17) is 0 Å². The first-order valence-electron chi connectivity index (χ1n) is 0.378. The van der Waals surface area contributed by atoms with Crippen LogP contribution in [0.3, 0.4) is 0 Å². The molecule has 0 aromatic rings. The van der Waals surface area contributed by atoms with Crippen molar-refractivity contribution in [3.05, 3.63) is 0 Å². The molecule has 0 aliphatic rings. The summed E-state index contributed by atoms with van der Waals surface area (Å²) >= 11 is 4.96. The first kappa shape index (κ1) is 16.6. The molecule has 0 N–H and O–H groups in total. The number of hydrogen-bond acceptors (Lipinski definition) is 0. The number of halogens is 3. The molecule has 0 unspecified atom stereocenters. The van der Waals surface area contributed by atoms with Gasteiger partial charge < -0.3 is 24.0 Å². The van der Waals surface area contributed by atoms with Gasteiger partial charge in [-0.3, -0.25) is 0 Å². The summed E-state index contributed by atoms with van der Waals surface area (Å²) in [6, 6.07) is 0. The van der Waals surface area contributed by atoms with Gasteiger partial charge in [0.25, 0.3) is 0 Å². The van der Waals surface area contributed by atoms with Crippen molar-refractivity contribution in [2.24, 2.45) is 0 Å². The van der Waals surface area contributed by atoms with E-state index in [1.54, 1.807) is 0 Å². The average molecular weight is 721 g/mol. The minimum absolute atomic E-state index is 0. The van der Waals surface area contributed by atoms with Gasteiger partial charge in [0.05, 0.1) is 0 Å². The summed E-state index contributed by atoms with van der Waals surface area (Å²) in [5.41, 5.74) is 0. The zero-order chi connectivity index (χ0) is 2.71. The Morgan fingerprint density at radius 2 is 1.20 bits per heavy atom. The first-order valence-corrected chi connectivity index (χ1v) is 22.2. The Balaban J connectivity index is -0.0000000200. The summed E-state index contributed by atoms with van der Waals surface area (Å²) in [7, 11) is 0. The second-order valence-electron chi connectivity index (χ2n) is 0.0714. The van der Waals surface area contributed by atoms with Gasteiger partial charge in [-0.25, -0.2) is 0 Å². The van der Waals surface area contributed by atoms with Crippen molar-refractivity contribution < 1.29 is 92.9 Å². The van der Waals surface area contributed by atoms with E-state index in [1.165, 1.54) is 0 Å². The molecule has 2 radical (unpaired) electrons. The van der Waals surface area contributed by atoms with Crippen LogP contribution in [-0.4, -0.2) is 15.6 Å². The van der Waals surface area contributed by atoms with E-state index in [-0.39, 0.29) is 109 Å². The van der Waals surface area contributed by atoms with Crippen molar-refractivity contribution in [1.82, 2.24) is 0 Å². The van der Waals surface area contributed by atoms with Gasteiger partial charge in [0, 0.05) is 0 Å². The second kappa shape index (κ2) is 16.1. The topological polar surface area (TPSA) is 0 Å². The molecule has 0 heterocycles. The Kier molecular flexibility index (Phi) is 53.5. The van der Waals surface area contributed by atoms with E-state index in [9.17, 15) is 0 Å². The van der Waals surface area contributed by atoms with Gasteiger partial charge >= 0.3 is 120 Å². The minimum atomic E-state index is 0. The van der Waals surface area contributed by atoms with E-state index < -0.39 is 0 Å². The van der Waals surface area contributed by atoms with Crippen molar-refractivity contribution in [2.75, 3.05) is 0 Å². The first-order chi connectivity index (χ1) is 1.41. The second-order valence-corrected chi connectivity index (χ2v) is 28.2. The predicted molar refractivity (Wildman–Crippen MR) is 33.8 cm³/mol. The van der Waals surface area contributed by atoms with Crippen LogP contribution in [0.2, 0.25) is 0 Å². The molecule has 0 saturated carbocycles. The standard InChI is InChI=1S/Cs.3HI.Pb/h;3*1H;/q+1;;;;+2/p-3. The predicted octanol–water partition coefficient (Wildman–Crippen LogP) is -4.60. The van der Waals surface area contributed by atoms with E-state index in [0.717, 1.165) is 0 Å². The monoisotopic (exact) mass is 722 g/mol. The molecule has 0 saturated heterocycles. The Morgan fingerprint density at radius 3 is 1.20 bits per heavy atom. The summed E-state index contributed by atoms with van der Waals surface area (Å²) in [5, 5.41) is 0. The number of rotatable bonds is 0. The quantitative estimate of drug-likeness (QED) is 0.175. The molecule has 0 aromatic carbocycles. The fourth-order valence-corrected chi connectivity index (χ4v) is 0. The maximum absolute atomic E-state index is 2.47. The van der Waals surface area contributed by atoms with Crippen LogP contribution in [0, 0.1) is 0 Å². The van der Waals surface area contributed by atoms with Crippen molar-refractivity contribution in [1.29, 1.82) is 0 Å². The van der Waals surface area contributed by atoms with Crippen molar-refractivity contribution in [3.63, 3.8) is 0 Å². The summed E-state index contributed by atoms with van der Waals surface area (Å²) in [6.45, 7) is 0. The Labute approximate surface area is 138 Å². The molecule has 0 nitrogen and oxygen atoms in total. The molecule has 0 amide bonds. The molecular formula is CsI3Pb. The summed E-state index contributed by atoms with van der Waals surface area (Å²) in [6.07, 6.45) is 0. The van der Waals surface area contributed by atoms with Crippen molar-refractivity contribution in [3.8, 4) is 0 Å². The summed E-state index contributed by atoms with van der Waals surface area (Å²) in [4.78, 5) is 0. The van der Waals surface area contributed by atoms with Crippen LogP contribution in [0.15, 0.2) is 0 Å². The van der Waals surface area contributed by atoms with E-state index in [0.29, 0.717) is 0 Å². The van der Waals surface area contributed by atoms with Crippen LogP contribution >= 0.6 is 35.5 Å². The van der Waals surface area contributed by atoms with Crippen molar-refractivity contribution in [2.45, 2.75) is 0 Å². The van der Waals surface area contributed by atoms with Crippen LogP contribution < -0.4 is 92.9 Å². The van der Waals surface area contributed by atoms with Gasteiger partial charge in [-0.15, -0.1) is 0 Å². The van der Waals surface area contributed by atoms with Gasteiger partial charge in [0.15, 0.2) is 0 Å². The van der Waals surface area contributed by atoms with E-state index in [2.05, 4.69) is 35.5 Å². The third-order valence-electron chi connectivity index (χ3n) is 0. The Bertz CT molecular complexity index is 6.85. The Morgan fingerprint density at radius 1 is 1.20 bits per heavy atom. The molecule has 5 heavy (non-hydrogen) atoms. The number of hydrogen-bond donors (Lipinski definition) is 0. The zero-order valence-electron chi connectivity index (χ0n) is 2.63. The molecule has 0 spiro atoms. The van der Waals surface area contributed by atoms with Gasteiger partial charge in [-0.1, -0.05) is 0 Å². The molecule has 0 fully saturated rings. The van der Waals surface area contributed by atoms with Crippen LogP contribution in [0.4, 0.5) is 0 Å². The van der Waals surface area contributed by atoms with Gasteiger partial charge in [-0.2, -0.15) is 0 Å². The van der Waals surface area contributed by atoms with Crippen molar-refractivity contribution >= 4 is 51.2 Å². The van der Waals surface area contributed by atoms with Gasteiger partial charge in [0.1, 0.15) is 0 Å². The zero-order valence-corrected chi connectivity index (χ0v) is 19.3. The third-order valence-corrected chi connectivity index (χ3v) is 0. The molecule has 0 aliphatic carbocycles. The molecule has 0 rings (SSSR count). The summed E-state index contributed by atoms with van der Waals surface area (Å²) in [5.74, 6) is 0. The van der Waals surface area contributed by atoms with Crippen LogP contribution in [0.25, 0.3) is 0 Å². The van der Waals surface area contributed by atoms with Gasteiger partial charge in [-0.05, 0) is 0 Å². The van der Waals surface area contributed by atoms with Crippen LogP contribution in [0.1, 0.15) is 0 Å². The maximum atomic E-state index is 2.47.